The molecule has 1 amide bonds. The Morgan fingerprint density at radius 2 is 1.50 bits per heavy atom. The largest absolute Gasteiger partial charge is 0.366 e. The molecule has 0 radical (unpaired) electrons. The molecule has 1 saturated carbocycles. The van der Waals surface area contributed by atoms with Crippen molar-refractivity contribution in [2.75, 3.05) is 0 Å². The molecule has 2 nitrogen and oxygen atoms in total. The van der Waals surface area contributed by atoms with E-state index in [0.717, 1.165) is 18.3 Å². The smallest absolute Gasteiger partial charge is 0.248 e. The van der Waals surface area contributed by atoms with Crippen molar-refractivity contribution in [3.05, 3.63) is 70.8 Å². The second kappa shape index (κ2) is 9.02. The van der Waals surface area contributed by atoms with Gasteiger partial charge in [0.2, 0.25) is 5.91 Å². The van der Waals surface area contributed by atoms with Crippen LogP contribution < -0.4 is 5.73 Å². The normalized spacial score (nSPS) is 20.0. The summed E-state index contributed by atoms with van der Waals surface area (Å²) < 4.78 is 0. The minimum atomic E-state index is -0.370. The summed E-state index contributed by atoms with van der Waals surface area (Å²) in [5.41, 5.74) is 9.90. The Morgan fingerprint density at radius 1 is 0.923 bits per heavy atom. The first-order valence-electron chi connectivity index (χ1n) is 10.1. The van der Waals surface area contributed by atoms with Gasteiger partial charge < -0.3 is 5.73 Å². The minimum Gasteiger partial charge on any atom is -0.366 e. The summed E-state index contributed by atoms with van der Waals surface area (Å²) in [7, 11) is 0. The van der Waals surface area contributed by atoms with E-state index < -0.39 is 0 Å². The van der Waals surface area contributed by atoms with E-state index in [9.17, 15) is 4.79 Å². The molecule has 0 bridgehead atoms. The molecule has 2 aromatic carbocycles. The monoisotopic (exact) mass is 349 g/mol. The lowest BCUT2D eigenvalue weighted by Gasteiger charge is -2.29. The van der Waals surface area contributed by atoms with Crippen LogP contribution >= 0.6 is 0 Å². The molecule has 2 N–H and O–H groups in total. The molecule has 1 aliphatic carbocycles. The average molecular weight is 350 g/mol. The van der Waals surface area contributed by atoms with Crippen molar-refractivity contribution in [3.8, 4) is 0 Å². The predicted molar refractivity (Wildman–Crippen MR) is 108 cm³/mol. The molecule has 2 heteroatoms. The maximum absolute atomic E-state index is 11.2. The molecule has 0 aliphatic heterocycles. The Kier molecular flexibility index (Phi) is 6.49. The van der Waals surface area contributed by atoms with Crippen LogP contribution in [0, 0.1) is 5.92 Å². The summed E-state index contributed by atoms with van der Waals surface area (Å²) >= 11 is 0. The van der Waals surface area contributed by atoms with E-state index in [2.05, 4.69) is 31.2 Å². The van der Waals surface area contributed by atoms with Crippen molar-refractivity contribution >= 4 is 5.91 Å². The number of carbonyl (C=O) groups is 1. The zero-order valence-electron chi connectivity index (χ0n) is 15.9. The maximum Gasteiger partial charge on any atom is 0.248 e. The Bertz CT molecular complexity index is 694. The molecule has 26 heavy (non-hydrogen) atoms. The van der Waals surface area contributed by atoms with Crippen LogP contribution in [-0.2, 0) is 6.42 Å². The molecule has 2 aromatic rings. The number of hydrogen-bond donors (Lipinski definition) is 1. The van der Waals surface area contributed by atoms with Gasteiger partial charge in [0.15, 0.2) is 0 Å². The van der Waals surface area contributed by atoms with Gasteiger partial charge in [0.1, 0.15) is 0 Å². The quantitative estimate of drug-likeness (QED) is 0.670. The molecule has 0 atom stereocenters. The molecule has 0 aromatic heterocycles. The van der Waals surface area contributed by atoms with Crippen LogP contribution in [0.4, 0.5) is 0 Å². The first-order chi connectivity index (χ1) is 12.7. The van der Waals surface area contributed by atoms with E-state index >= 15 is 0 Å². The number of unbranched alkanes of at least 4 members (excludes halogenated alkanes) is 1. The summed E-state index contributed by atoms with van der Waals surface area (Å²) in [5.74, 6) is 1.34. The van der Waals surface area contributed by atoms with Gasteiger partial charge in [-0.1, -0.05) is 62.6 Å². The summed E-state index contributed by atoms with van der Waals surface area (Å²) in [4.78, 5) is 11.2. The Hall–Kier alpha value is -2.09. The molecular weight excluding hydrogens is 318 g/mol. The molecule has 0 heterocycles. The van der Waals surface area contributed by atoms with Crippen LogP contribution in [0.25, 0.3) is 0 Å². The van der Waals surface area contributed by atoms with E-state index in [1.807, 2.05) is 24.3 Å². The Balaban J connectivity index is 1.54. The number of primary amides is 1. The van der Waals surface area contributed by atoms with E-state index in [0.29, 0.717) is 5.56 Å². The fourth-order valence-corrected chi connectivity index (χ4v) is 4.21. The highest BCUT2D eigenvalue weighted by atomic mass is 16.1. The number of rotatable bonds is 7. The van der Waals surface area contributed by atoms with Gasteiger partial charge in [-0.15, -0.1) is 0 Å². The van der Waals surface area contributed by atoms with Crippen molar-refractivity contribution in [1.82, 2.24) is 0 Å². The number of benzene rings is 2. The number of carbonyl (C=O) groups excluding carboxylic acids is 1. The molecule has 0 spiro atoms. The Labute approximate surface area is 157 Å². The zero-order valence-corrected chi connectivity index (χ0v) is 15.9. The van der Waals surface area contributed by atoms with Crippen LogP contribution in [0.3, 0.4) is 0 Å². The van der Waals surface area contributed by atoms with Gasteiger partial charge in [0.25, 0.3) is 0 Å². The fourth-order valence-electron chi connectivity index (χ4n) is 4.21. The maximum atomic E-state index is 11.2. The van der Waals surface area contributed by atoms with Gasteiger partial charge in [0.05, 0.1) is 0 Å². The predicted octanol–water partition coefficient (Wildman–Crippen LogP) is 5.84. The van der Waals surface area contributed by atoms with Crippen molar-refractivity contribution < 1.29 is 4.79 Å². The second-order valence-electron chi connectivity index (χ2n) is 7.84. The van der Waals surface area contributed by atoms with Crippen molar-refractivity contribution in [3.63, 3.8) is 0 Å². The third kappa shape index (κ3) is 4.97. The molecule has 0 unspecified atom stereocenters. The highest BCUT2D eigenvalue weighted by Crippen LogP contribution is 2.37. The van der Waals surface area contributed by atoms with Gasteiger partial charge in [0, 0.05) is 5.56 Å². The minimum absolute atomic E-state index is 0.370. The second-order valence-corrected chi connectivity index (χ2v) is 7.84. The third-order valence-corrected chi connectivity index (χ3v) is 5.91. The van der Waals surface area contributed by atoms with Crippen molar-refractivity contribution in [1.29, 1.82) is 0 Å². The summed E-state index contributed by atoms with van der Waals surface area (Å²) in [5, 5.41) is 0. The van der Waals surface area contributed by atoms with Crippen LogP contribution in [-0.4, -0.2) is 5.91 Å². The van der Waals surface area contributed by atoms with Crippen molar-refractivity contribution in [2.24, 2.45) is 11.7 Å². The summed E-state index contributed by atoms with van der Waals surface area (Å²) in [6.07, 6.45) is 10.5. The molecule has 3 rings (SSSR count). The highest BCUT2D eigenvalue weighted by Gasteiger charge is 2.21. The Morgan fingerprint density at radius 3 is 2.04 bits per heavy atom. The number of hydrogen-bond acceptors (Lipinski definition) is 1. The van der Waals surface area contributed by atoms with E-state index in [1.54, 1.807) is 0 Å². The lowest BCUT2D eigenvalue weighted by Crippen LogP contribution is -2.13. The number of nitrogens with two attached hydrogens (primary N) is 1. The summed E-state index contributed by atoms with van der Waals surface area (Å²) in [6.45, 7) is 2.29. The molecule has 138 valence electrons. The van der Waals surface area contributed by atoms with E-state index in [1.165, 1.54) is 61.6 Å². The van der Waals surface area contributed by atoms with Crippen LogP contribution in [0.5, 0.6) is 0 Å². The molecule has 1 aliphatic rings. The van der Waals surface area contributed by atoms with Crippen molar-refractivity contribution in [2.45, 2.75) is 64.2 Å². The highest BCUT2D eigenvalue weighted by molar-refractivity contribution is 5.92. The fraction of sp³-hybridized carbons (Fsp3) is 0.458. The summed E-state index contributed by atoms with van der Waals surface area (Å²) in [6, 6.07) is 16.8. The van der Waals surface area contributed by atoms with Crippen LogP contribution in [0.15, 0.2) is 48.5 Å². The van der Waals surface area contributed by atoms with E-state index in [-0.39, 0.29) is 5.91 Å². The zero-order chi connectivity index (χ0) is 18.4. The van der Waals surface area contributed by atoms with Crippen LogP contribution in [0.2, 0.25) is 0 Å². The SMILES string of the molecule is CCCCC1CCC(c2ccc(Cc3ccc(C(N)=O)cc3)cc2)CC1. The van der Waals surface area contributed by atoms with Crippen LogP contribution in [0.1, 0.15) is 84.8 Å². The number of amides is 1. The van der Waals surface area contributed by atoms with Gasteiger partial charge >= 0.3 is 0 Å². The lowest BCUT2D eigenvalue weighted by atomic mass is 9.77. The van der Waals surface area contributed by atoms with Gasteiger partial charge in [-0.05, 0) is 72.8 Å². The van der Waals surface area contributed by atoms with E-state index in [4.69, 9.17) is 5.73 Å². The van der Waals surface area contributed by atoms with Gasteiger partial charge in [-0.2, -0.15) is 0 Å². The standard InChI is InChI=1S/C24H31NO/c1-2-3-4-18-5-11-21(12-6-18)22-13-7-19(8-14-22)17-20-9-15-23(16-10-20)24(25)26/h7-10,13-16,18,21H,2-6,11-12,17H2,1H3,(H2,25,26). The average Bonchev–Trinajstić information content (AvgIpc) is 2.68. The molecular formula is C24H31NO. The first kappa shape index (κ1) is 18.7. The topological polar surface area (TPSA) is 43.1 Å². The molecule has 1 fully saturated rings. The third-order valence-electron chi connectivity index (χ3n) is 5.91. The lowest BCUT2D eigenvalue weighted by molar-refractivity contribution is 0.100. The van der Waals surface area contributed by atoms with Gasteiger partial charge in [-0.3, -0.25) is 4.79 Å². The first-order valence-corrected chi connectivity index (χ1v) is 10.1. The van der Waals surface area contributed by atoms with Gasteiger partial charge in [-0.25, -0.2) is 0 Å². The molecule has 0 saturated heterocycles.